The second-order valence-electron chi connectivity index (χ2n) is 3.93. The van der Waals surface area contributed by atoms with Gasteiger partial charge in [-0.1, -0.05) is 12.1 Å². The van der Waals surface area contributed by atoms with Crippen molar-refractivity contribution in [2.24, 2.45) is 0 Å². The Balaban J connectivity index is 2.23. The molecule has 0 radical (unpaired) electrons. The molecule has 0 spiro atoms. The van der Waals surface area contributed by atoms with E-state index >= 15 is 0 Å². The number of aromatic nitrogens is 1. The summed E-state index contributed by atoms with van der Waals surface area (Å²) in [6, 6.07) is 9.95. The van der Waals surface area contributed by atoms with Crippen LogP contribution in [0.5, 0.6) is 11.5 Å². The molecule has 0 saturated carbocycles. The summed E-state index contributed by atoms with van der Waals surface area (Å²) < 4.78 is 5.84. The topological polar surface area (TPSA) is 34.2 Å². The molecule has 1 heterocycles. The Hall–Kier alpha value is -1.87. The molecule has 0 aliphatic carbocycles. The van der Waals surface area contributed by atoms with Crippen molar-refractivity contribution in [1.82, 2.24) is 10.3 Å². The van der Waals surface area contributed by atoms with Gasteiger partial charge >= 0.3 is 0 Å². The number of nitrogens with zero attached hydrogens (tertiary/aromatic N) is 1. The predicted octanol–water partition coefficient (Wildman–Crippen LogP) is 2.90. The average molecular weight is 228 g/mol. The molecule has 17 heavy (non-hydrogen) atoms. The summed E-state index contributed by atoms with van der Waals surface area (Å²) in [4.78, 5) is 4.09. The first-order chi connectivity index (χ1) is 8.29. The van der Waals surface area contributed by atoms with Crippen molar-refractivity contribution >= 4 is 0 Å². The molecule has 0 aliphatic rings. The second-order valence-corrected chi connectivity index (χ2v) is 3.93. The Morgan fingerprint density at radius 1 is 1.29 bits per heavy atom. The predicted molar refractivity (Wildman–Crippen MR) is 68.3 cm³/mol. The van der Waals surface area contributed by atoms with E-state index in [2.05, 4.69) is 10.3 Å². The lowest BCUT2D eigenvalue weighted by Crippen LogP contribution is -2.06. The fourth-order valence-electron chi connectivity index (χ4n) is 1.64. The number of hydrogen-bond acceptors (Lipinski definition) is 3. The fourth-order valence-corrected chi connectivity index (χ4v) is 1.64. The first-order valence-electron chi connectivity index (χ1n) is 5.61. The lowest BCUT2D eigenvalue weighted by Gasteiger charge is -2.10. The minimum Gasteiger partial charge on any atom is -0.455 e. The number of benzene rings is 1. The molecule has 88 valence electrons. The maximum atomic E-state index is 5.84. The Kier molecular flexibility index (Phi) is 3.73. The first-order valence-corrected chi connectivity index (χ1v) is 5.61. The molecule has 2 rings (SSSR count). The maximum absolute atomic E-state index is 5.84. The monoisotopic (exact) mass is 228 g/mol. The molecule has 1 aromatic carbocycles. The number of aryl methyl sites for hydroxylation is 1. The van der Waals surface area contributed by atoms with Gasteiger partial charge in [-0.15, -0.1) is 0 Å². The molecular weight excluding hydrogens is 212 g/mol. The molecule has 1 aromatic heterocycles. The van der Waals surface area contributed by atoms with Crippen LogP contribution in [0.25, 0.3) is 0 Å². The van der Waals surface area contributed by atoms with Crippen LogP contribution in [0.3, 0.4) is 0 Å². The van der Waals surface area contributed by atoms with Gasteiger partial charge in [0, 0.05) is 18.3 Å². The summed E-state index contributed by atoms with van der Waals surface area (Å²) in [7, 11) is 1.91. The SMILES string of the molecule is CNCc1ccncc1Oc1cccc(C)c1. The standard InChI is InChI=1S/C14H16N2O/c1-11-4-3-5-13(8-11)17-14-10-16-7-6-12(14)9-15-2/h3-8,10,15H,9H2,1-2H3. The van der Waals surface area contributed by atoms with Crippen molar-refractivity contribution in [1.29, 1.82) is 0 Å². The molecule has 0 aliphatic heterocycles. The summed E-state index contributed by atoms with van der Waals surface area (Å²) in [6.45, 7) is 2.81. The third kappa shape index (κ3) is 3.04. The zero-order valence-electron chi connectivity index (χ0n) is 10.1. The Morgan fingerprint density at radius 2 is 2.18 bits per heavy atom. The van der Waals surface area contributed by atoms with Gasteiger partial charge in [-0.25, -0.2) is 0 Å². The highest BCUT2D eigenvalue weighted by Crippen LogP contribution is 2.24. The fraction of sp³-hybridized carbons (Fsp3) is 0.214. The van der Waals surface area contributed by atoms with Crippen molar-refractivity contribution in [2.45, 2.75) is 13.5 Å². The molecule has 0 bridgehead atoms. The summed E-state index contributed by atoms with van der Waals surface area (Å²) >= 11 is 0. The van der Waals surface area contributed by atoms with E-state index in [-0.39, 0.29) is 0 Å². The summed E-state index contributed by atoms with van der Waals surface area (Å²) in [6.07, 6.45) is 3.52. The lowest BCUT2D eigenvalue weighted by atomic mass is 10.2. The third-order valence-corrected chi connectivity index (χ3v) is 2.45. The quantitative estimate of drug-likeness (QED) is 0.873. The number of ether oxygens (including phenoxy) is 1. The van der Waals surface area contributed by atoms with Gasteiger partial charge in [-0.2, -0.15) is 0 Å². The Morgan fingerprint density at radius 3 is 2.94 bits per heavy atom. The van der Waals surface area contributed by atoms with Crippen molar-refractivity contribution in [3.8, 4) is 11.5 Å². The van der Waals surface area contributed by atoms with Crippen LogP contribution in [0.2, 0.25) is 0 Å². The van der Waals surface area contributed by atoms with Crippen molar-refractivity contribution < 1.29 is 4.74 Å². The van der Waals surface area contributed by atoms with Crippen LogP contribution in [0, 0.1) is 6.92 Å². The van der Waals surface area contributed by atoms with Gasteiger partial charge in [0.05, 0.1) is 6.20 Å². The largest absolute Gasteiger partial charge is 0.455 e. The minimum absolute atomic E-state index is 0.768. The summed E-state index contributed by atoms with van der Waals surface area (Å²) in [5, 5.41) is 3.11. The minimum atomic E-state index is 0.768. The van der Waals surface area contributed by atoms with E-state index in [9.17, 15) is 0 Å². The summed E-state index contributed by atoms with van der Waals surface area (Å²) in [5.41, 5.74) is 2.28. The van der Waals surface area contributed by atoms with Crippen LogP contribution in [-0.4, -0.2) is 12.0 Å². The van der Waals surface area contributed by atoms with E-state index < -0.39 is 0 Å². The number of hydrogen-bond donors (Lipinski definition) is 1. The van der Waals surface area contributed by atoms with E-state index in [0.29, 0.717) is 0 Å². The highest BCUT2D eigenvalue weighted by Gasteiger charge is 2.04. The summed E-state index contributed by atoms with van der Waals surface area (Å²) in [5.74, 6) is 1.64. The molecule has 1 N–H and O–H groups in total. The smallest absolute Gasteiger partial charge is 0.150 e. The van der Waals surface area contributed by atoms with E-state index in [1.807, 2.05) is 44.3 Å². The zero-order chi connectivity index (χ0) is 12.1. The molecule has 3 nitrogen and oxygen atoms in total. The maximum Gasteiger partial charge on any atom is 0.150 e. The van der Waals surface area contributed by atoms with Crippen molar-refractivity contribution in [3.63, 3.8) is 0 Å². The van der Waals surface area contributed by atoms with Crippen LogP contribution in [-0.2, 0) is 6.54 Å². The van der Waals surface area contributed by atoms with Gasteiger partial charge in [-0.05, 0) is 37.7 Å². The Labute approximate surface area is 101 Å². The van der Waals surface area contributed by atoms with Crippen molar-refractivity contribution in [3.05, 3.63) is 53.9 Å². The molecule has 0 amide bonds. The van der Waals surface area contributed by atoms with E-state index in [0.717, 1.165) is 23.6 Å². The molecule has 3 heteroatoms. The van der Waals surface area contributed by atoms with Crippen molar-refractivity contribution in [2.75, 3.05) is 7.05 Å². The van der Waals surface area contributed by atoms with Gasteiger partial charge in [-0.3, -0.25) is 4.98 Å². The Bertz CT molecular complexity index is 497. The van der Waals surface area contributed by atoms with E-state index in [4.69, 9.17) is 4.74 Å². The van der Waals surface area contributed by atoms with Crippen LogP contribution >= 0.6 is 0 Å². The molecule has 0 atom stereocenters. The van der Waals surface area contributed by atoms with Crippen LogP contribution < -0.4 is 10.1 Å². The molecule has 0 unspecified atom stereocenters. The first kappa shape index (κ1) is 11.6. The molecule has 0 fully saturated rings. The van der Waals surface area contributed by atoms with Crippen LogP contribution in [0.4, 0.5) is 0 Å². The van der Waals surface area contributed by atoms with Crippen LogP contribution in [0.15, 0.2) is 42.7 Å². The highest BCUT2D eigenvalue weighted by atomic mass is 16.5. The molecule has 2 aromatic rings. The lowest BCUT2D eigenvalue weighted by molar-refractivity contribution is 0.471. The van der Waals surface area contributed by atoms with Crippen LogP contribution in [0.1, 0.15) is 11.1 Å². The number of pyridine rings is 1. The van der Waals surface area contributed by atoms with Gasteiger partial charge in [0.25, 0.3) is 0 Å². The molecule has 0 saturated heterocycles. The van der Waals surface area contributed by atoms with Gasteiger partial charge < -0.3 is 10.1 Å². The number of nitrogens with one attached hydrogen (secondary N) is 1. The second kappa shape index (κ2) is 5.46. The van der Waals surface area contributed by atoms with E-state index in [1.54, 1.807) is 12.4 Å². The van der Waals surface area contributed by atoms with E-state index in [1.165, 1.54) is 5.56 Å². The van der Waals surface area contributed by atoms with Gasteiger partial charge in [0.15, 0.2) is 0 Å². The van der Waals surface area contributed by atoms with Gasteiger partial charge in [0.1, 0.15) is 11.5 Å². The number of rotatable bonds is 4. The third-order valence-electron chi connectivity index (χ3n) is 2.45. The normalized spacial score (nSPS) is 10.2. The average Bonchev–Trinajstić information content (AvgIpc) is 2.32. The molecular formula is C14H16N2O. The highest BCUT2D eigenvalue weighted by molar-refractivity contribution is 5.36. The zero-order valence-corrected chi connectivity index (χ0v) is 10.1. The van der Waals surface area contributed by atoms with Gasteiger partial charge in [0.2, 0.25) is 0 Å².